The maximum Gasteiger partial charge on any atom is 0.287 e. The molecule has 2 rings (SSSR count). The zero-order chi connectivity index (χ0) is 15.6. The van der Waals surface area contributed by atoms with Crippen molar-refractivity contribution in [2.24, 2.45) is 5.73 Å². The van der Waals surface area contributed by atoms with E-state index in [1.165, 1.54) is 18.2 Å². The zero-order valence-corrected chi connectivity index (χ0v) is 13.5. The van der Waals surface area contributed by atoms with Gasteiger partial charge in [-0.15, -0.1) is 0 Å². The first kappa shape index (κ1) is 16.0. The Labute approximate surface area is 133 Å². The van der Waals surface area contributed by atoms with Gasteiger partial charge < -0.3 is 10.2 Å². The number of aromatic nitrogens is 1. The van der Waals surface area contributed by atoms with Crippen LogP contribution in [0.1, 0.15) is 16.2 Å². The largest absolute Gasteiger partial charge is 0.446 e. The fourth-order valence-electron chi connectivity index (χ4n) is 1.51. The van der Waals surface area contributed by atoms with Crippen molar-refractivity contribution in [3.63, 3.8) is 0 Å². The van der Waals surface area contributed by atoms with E-state index >= 15 is 0 Å². The van der Waals surface area contributed by atoms with Crippen LogP contribution in [0, 0.1) is 0 Å². The second-order valence-corrected chi connectivity index (χ2v) is 6.90. The molecule has 2 aromatic rings. The number of amides is 1. The topological polar surface area (TPSA) is 115 Å². The molecule has 112 valence electrons. The molecular formula is C11H9BrClN3O4S. The molecule has 1 aromatic heterocycles. The summed E-state index contributed by atoms with van der Waals surface area (Å²) in [7, 11) is -4.09. The monoisotopic (exact) mass is 393 g/mol. The van der Waals surface area contributed by atoms with Crippen LogP contribution < -0.4 is 10.5 Å². The molecule has 1 amide bonds. The number of rotatable bonds is 4. The summed E-state index contributed by atoms with van der Waals surface area (Å²) in [5.41, 5.74) is 5.18. The summed E-state index contributed by atoms with van der Waals surface area (Å²) in [5.74, 6) is -0.838. The van der Waals surface area contributed by atoms with E-state index < -0.39 is 15.9 Å². The fraction of sp³-hybridized carbons (Fsp3) is 0.0909. The van der Waals surface area contributed by atoms with E-state index in [1.54, 1.807) is 0 Å². The summed E-state index contributed by atoms with van der Waals surface area (Å²) in [6, 6.07) is 4.05. The van der Waals surface area contributed by atoms with Crippen LogP contribution in [0.2, 0.25) is 5.02 Å². The van der Waals surface area contributed by atoms with Gasteiger partial charge in [-0.3, -0.25) is 4.79 Å². The lowest BCUT2D eigenvalue weighted by atomic mass is 10.3. The summed E-state index contributed by atoms with van der Waals surface area (Å²) in [6.07, 6.45) is 1.01. The van der Waals surface area contributed by atoms with E-state index in [2.05, 4.69) is 20.9 Å². The lowest BCUT2D eigenvalue weighted by Gasteiger charge is -2.07. The summed E-state index contributed by atoms with van der Waals surface area (Å²) < 4.78 is 31.5. The van der Waals surface area contributed by atoms with Gasteiger partial charge in [-0.05, 0) is 18.2 Å². The number of carbonyl (C=O) groups is 1. The Hall–Kier alpha value is -1.42. The molecule has 10 heteroatoms. The van der Waals surface area contributed by atoms with Crippen molar-refractivity contribution in [3.8, 4) is 0 Å². The standard InChI is InChI=1S/C11H9BrClN3O4S/c12-6-1-7(13)3-8(2-6)21(18,19)16-11(17)10-9(4-14)20-5-15-10/h1-3,5H,4,14H2,(H,16,17). The Bertz CT molecular complexity index is 770. The van der Waals surface area contributed by atoms with Crippen LogP contribution in [0.3, 0.4) is 0 Å². The molecule has 1 aromatic carbocycles. The molecule has 0 saturated carbocycles. The third-order valence-electron chi connectivity index (χ3n) is 2.41. The highest BCUT2D eigenvalue weighted by Crippen LogP contribution is 2.22. The number of carbonyl (C=O) groups excluding carboxylic acids is 1. The molecule has 7 nitrogen and oxygen atoms in total. The Morgan fingerprint density at radius 3 is 2.76 bits per heavy atom. The van der Waals surface area contributed by atoms with Crippen LogP contribution in [0.15, 0.2) is 38.4 Å². The fourth-order valence-corrected chi connectivity index (χ4v) is 3.61. The van der Waals surface area contributed by atoms with Gasteiger partial charge in [0, 0.05) is 9.50 Å². The van der Waals surface area contributed by atoms with Gasteiger partial charge >= 0.3 is 0 Å². The van der Waals surface area contributed by atoms with Gasteiger partial charge in [0.25, 0.3) is 15.9 Å². The van der Waals surface area contributed by atoms with Crippen molar-refractivity contribution in [1.29, 1.82) is 0 Å². The Morgan fingerprint density at radius 2 is 2.14 bits per heavy atom. The highest BCUT2D eigenvalue weighted by molar-refractivity contribution is 9.10. The third kappa shape index (κ3) is 3.62. The number of nitrogens with zero attached hydrogens (tertiary/aromatic N) is 1. The number of sulfonamides is 1. The molecule has 0 aliphatic heterocycles. The molecule has 21 heavy (non-hydrogen) atoms. The van der Waals surface area contributed by atoms with Crippen molar-refractivity contribution in [2.45, 2.75) is 11.4 Å². The maximum atomic E-state index is 12.1. The summed E-state index contributed by atoms with van der Waals surface area (Å²) in [6.45, 7) is -0.0779. The minimum absolute atomic E-state index is 0.0779. The van der Waals surface area contributed by atoms with E-state index in [1.807, 2.05) is 4.72 Å². The van der Waals surface area contributed by atoms with Gasteiger partial charge in [0.1, 0.15) is 0 Å². The summed E-state index contributed by atoms with van der Waals surface area (Å²) >= 11 is 8.92. The second-order valence-electron chi connectivity index (χ2n) is 3.87. The molecule has 0 aliphatic rings. The quantitative estimate of drug-likeness (QED) is 0.815. The predicted octanol–water partition coefficient (Wildman–Crippen LogP) is 1.67. The van der Waals surface area contributed by atoms with Crippen molar-refractivity contribution < 1.29 is 17.6 Å². The SMILES string of the molecule is NCc1ocnc1C(=O)NS(=O)(=O)c1cc(Cl)cc(Br)c1. The van der Waals surface area contributed by atoms with Crippen LogP contribution in [0.4, 0.5) is 0 Å². The maximum absolute atomic E-state index is 12.1. The van der Waals surface area contributed by atoms with Crippen LogP contribution in [-0.2, 0) is 16.6 Å². The smallest absolute Gasteiger partial charge is 0.287 e. The van der Waals surface area contributed by atoms with E-state index in [0.29, 0.717) is 4.47 Å². The van der Waals surface area contributed by atoms with Gasteiger partial charge in [0.05, 0.1) is 11.4 Å². The number of benzene rings is 1. The van der Waals surface area contributed by atoms with Crippen molar-refractivity contribution in [3.05, 3.63) is 45.5 Å². The highest BCUT2D eigenvalue weighted by Gasteiger charge is 2.23. The van der Waals surface area contributed by atoms with Crippen LogP contribution >= 0.6 is 27.5 Å². The van der Waals surface area contributed by atoms with Gasteiger partial charge in [-0.25, -0.2) is 18.1 Å². The molecule has 0 spiro atoms. The first-order valence-corrected chi connectivity index (χ1v) is 8.14. The van der Waals surface area contributed by atoms with E-state index in [0.717, 1.165) is 6.39 Å². The molecule has 1 heterocycles. The van der Waals surface area contributed by atoms with Crippen molar-refractivity contribution in [1.82, 2.24) is 9.71 Å². The first-order valence-electron chi connectivity index (χ1n) is 5.49. The number of hydrogen-bond donors (Lipinski definition) is 2. The zero-order valence-electron chi connectivity index (χ0n) is 10.3. The minimum atomic E-state index is -4.09. The lowest BCUT2D eigenvalue weighted by Crippen LogP contribution is -2.31. The Balaban J connectivity index is 2.31. The van der Waals surface area contributed by atoms with E-state index in [-0.39, 0.29) is 27.9 Å². The van der Waals surface area contributed by atoms with Gasteiger partial charge in [-0.2, -0.15) is 0 Å². The number of nitrogens with two attached hydrogens (primary N) is 1. The minimum Gasteiger partial charge on any atom is -0.446 e. The average Bonchev–Trinajstić information content (AvgIpc) is 2.85. The van der Waals surface area contributed by atoms with E-state index in [4.69, 9.17) is 21.8 Å². The second kappa shape index (κ2) is 6.14. The van der Waals surface area contributed by atoms with Crippen molar-refractivity contribution in [2.75, 3.05) is 0 Å². The van der Waals surface area contributed by atoms with Crippen molar-refractivity contribution >= 4 is 43.5 Å². The summed E-state index contributed by atoms with van der Waals surface area (Å²) in [5, 5.41) is 0.210. The molecule has 0 bridgehead atoms. The van der Waals surface area contributed by atoms with Crippen LogP contribution in [0.25, 0.3) is 0 Å². The van der Waals surface area contributed by atoms with Crippen LogP contribution in [0.5, 0.6) is 0 Å². The van der Waals surface area contributed by atoms with E-state index in [9.17, 15) is 13.2 Å². The van der Waals surface area contributed by atoms with Gasteiger partial charge in [0.15, 0.2) is 17.8 Å². The molecule has 0 radical (unpaired) electrons. The third-order valence-corrected chi connectivity index (χ3v) is 4.40. The Kier molecular flexibility index (Phi) is 4.67. The predicted molar refractivity (Wildman–Crippen MR) is 78.2 cm³/mol. The summed E-state index contributed by atoms with van der Waals surface area (Å²) in [4.78, 5) is 15.4. The molecule has 0 unspecified atom stereocenters. The van der Waals surface area contributed by atoms with Gasteiger partial charge in [-0.1, -0.05) is 27.5 Å². The number of hydrogen-bond acceptors (Lipinski definition) is 6. The van der Waals surface area contributed by atoms with Crippen LogP contribution in [-0.4, -0.2) is 19.3 Å². The molecule has 0 atom stereocenters. The molecule has 0 fully saturated rings. The van der Waals surface area contributed by atoms with Gasteiger partial charge in [0.2, 0.25) is 0 Å². The molecule has 0 aliphatic carbocycles. The average molecular weight is 395 g/mol. The number of halogens is 2. The number of oxazole rings is 1. The first-order chi connectivity index (χ1) is 9.83. The molecule has 0 saturated heterocycles. The number of nitrogens with one attached hydrogen (secondary N) is 1. The lowest BCUT2D eigenvalue weighted by molar-refractivity contribution is 0.0975. The molecular weight excluding hydrogens is 386 g/mol. The normalized spacial score (nSPS) is 11.4. The molecule has 3 N–H and O–H groups in total. The Morgan fingerprint density at radius 1 is 1.43 bits per heavy atom. The highest BCUT2D eigenvalue weighted by atomic mass is 79.9.